The molecular formula is C15H19N3. The fraction of sp³-hybridized carbons (Fsp3) is 0.400. The lowest BCUT2D eigenvalue weighted by Crippen LogP contribution is -2.25. The molecule has 0 bridgehead atoms. The molecule has 0 N–H and O–H groups in total. The van der Waals surface area contributed by atoms with Crippen molar-refractivity contribution in [1.29, 1.82) is 0 Å². The second-order valence-corrected chi connectivity index (χ2v) is 4.97. The first-order valence-corrected chi connectivity index (χ1v) is 6.66. The van der Waals surface area contributed by atoms with Gasteiger partial charge in [0.1, 0.15) is 0 Å². The summed E-state index contributed by atoms with van der Waals surface area (Å²) in [7, 11) is 0. The molecule has 1 aliphatic heterocycles. The first kappa shape index (κ1) is 11.5. The lowest BCUT2D eigenvalue weighted by atomic mass is 9.99. The Labute approximate surface area is 108 Å². The Kier molecular flexibility index (Phi) is 3.42. The van der Waals surface area contributed by atoms with Crippen LogP contribution in [-0.4, -0.2) is 34.3 Å². The third-order valence-corrected chi connectivity index (χ3v) is 3.75. The zero-order valence-electron chi connectivity index (χ0n) is 10.6. The van der Waals surface area contributed by atoms with E-state index in [1.807, 2.05) is 23.1 Å². The molecule has 1 unspecified atom stereocenters. The Morgan fingerprint density at radius 2 is 2.00 bits per heavy atom. The van der Waals surface area contributed by atoms with Gasteiger partial charge in [-0.2, -0.15) is 5.10 Å². The first-order valence-electron chi connectivity index (χ1n) is 6.66. The minimum Gasteiger partial charge on any atom is -0.301 e. The van der Waals surface area contributed by atoms with E-state index in [2.05, 4.69) is 40.3 Å². The van der Waals surface area contributed by atoms with Gasteiger partial charge in [0, 0.05) is 25.5 Å². The molecule has 3 rings (SSSR count). The fourth-order valence-corrected chi connectivity index (χ4v) is 2.71. The predicted octanol–water partition coefficient (Wildman–Crippen LogP) is 2.37. The van der Waals surface area contributed by atoms with Gasteiger partial charge in [0.05, 0.1) is 6.54 Å². The van der Waals surface area contributed by atoms with Crippen LogP contribution >= 0.6 is 0 Å². The van der Waals surface area contributed by atoms with Crippen LogP contribution in [0.5, 0.6) is 0 Å². The van der Waals surface area contributed by atoms with Crippen LogP contribution in [0, 0.1) is 0 Å². The van der Waals surface area contributed by atoms with Gasteiger partial charge in [0.15, 0.2) is 0 Å². The summed E-state index contributed by atoms with van der Waals surface area (Å²) in [6.45, 7) is 4.49. The Morgan fingerprint density at radius 3 is 2.78 bits per heavy atom. The van der Waals surface area contributed by atoms with Gasteiger partial charge in [-0.15, -0.1) is 0 Å². The molecule has 0 saturated carbocycles. The van der Waals surface area contributed by atoms with Crippen molar-refractivity contribution >= 4 is 0 Å². The Morgan fingerprint density at radius 1 is 1.11 bits per heavy atom. The van der Waals surface area contributed by atoms with Crippen molar-refractivity contribution in [3.05, 3.63) is 54.4 Å². The summed E-state index contributed by atoms with van der Waals surface area (Å²) in [6.07, 6.45) is 5.16. The van der Waals surface area contributed by atoms with E-state index < -0.39 is 0 Å². The summed E-state index contributed by atoms with van der Waals surface area (Å²) in [6, 6.07) is 12.9. The van der Waals surface area contributed by atoms with Gasteiger partial charge in [-0.05, 0) is 30.5 Å². The standard InChI is InChI=1S/C15H19N3/c1-2-5-14(6-3-1)15-7-10-17(13-15)11-12-18-9-4-8-16-18/h1-6,8-9,15H,7,10-13H2. The highest BCUT2D eigenvalue weighted by Crippen LogP contribution is 2.26. The van der Waals surface area contributed by atoms with Gasteiger partial charge in [-0.3, -0.25) is 4.68 Å². The van der Waals surface area contributed by atoms with Crippen molar-refractivity contribution in [3.63, 3.8) is 0 Å². The minimum atomic E-state index is 0.712. The maximum absolute atomic E-state index is 4.24. The molecule has 1 aromatic carbocycles. The second kappa shape index (κ2) is 5.36. The van der Waals surface area contributed by atoms with E-state index in [4.69, 9.17) is 0 Å². The monoisotopic (exact) mass is 241 g/mol. The molecule has 0 aliphatic carbocycles. The lowest BCUT2D eigenvalue weighted by molar-refractivity contribution is 0.312. The van der Waals surface area contributed by atoms with Crippen LogP contribution in [-0.2, 0) is 6.54 Å². The average molecular weight is 241 g/mol. The van der Waals surface area contributed by atoms with Gasteiger partial charge in [0.25, 0.3) is 0 Å². The zero-order valence-corrected chi connectivity index (χ0v) is 10.6. The third kappa shape index (κ3) is 2.62. The molecule has 2 aromatic rings. The van der Waals surface area contributed by atoms with Crippen molar-refractivity contribution < 1.29 is 0 Å². The van der Waals surface area contributed by atoms with Crippen LogP contribution in [0.15, 0.2) is 48.8 Å². The molecule has 94 valence electrons. The molecule has 3 nitrogen and oxygen atoms in total. The van der Waals surface area contributed by atoms with Gasteiger partial charge >= 0.3 is 0 Å². The number of aromatic nitrogens is 2. The quantitative estimate of drug-likeness (QED) is 0.819. The highest BCUT2D eigenvalue weighted by atomic mass is 15.3. The van der Waals surface area contributed by atoms with E-state index in [9.17, 15) is 0 Å². The number of likely N-dealkylation sites (tertiary alicyclic amines) is 1. The molecule has 3 heteroatoms. The van der Waals surface area contributed by atoms with Crippen LogP contribution in [0.4, 0.5) is 0 Å². The summed E-state index contributed by atoms with van der Waals surface area (Å²) >= 11 is 0. The van der Waals surface area contributed by atoms with Crippen LogP contribution in [0.1, 0.15) is 17.9 Å². The van der Waals surface area contributed by atoms with Gasteiger partial charge in [0.2, 0.25) is 0 Å². The Bertz CT molecular complexity index is 464. The number of hydrogen-bond acceptors (Lipinski definition) is 2. The van der Waals surface area contributed by atoms with Crippen LogP contribution < -0.4 is 0 Å². The Balaban J connectivity index is 1.53. The van der Waals surface area contributed by atoms with Crippen LogP contribution in [0.25, 0.3) is 0 Å². The van der Waals surface area contributed by atoms with E-state index in [0.717, 1.165) is 13.1 Å². The molecule has 18 heavy (non-hydrogen) atoms. The SMILES string of the molecule is c1ccc(C2CCN(CCn3cccn3)C2)cc1. The maximum atomic E-state index is 4.24. The Hall–Kier alpha value is -1.61. The van der Waals surface area contributed by atoms with Gasteiger partial charge in [-0.1, -0.05) is 30.3 Å². The van der Waals surface area contributed by atoms with E-state index in [0.29, 0.717) is 5.92 Å². The molecule has 1 aliphatic rings. The van der Waals surface area contributed by atoms with Gasteiger partial charge < -0.3 is 4.90 Å². The molecule has 1 fully saturated rings. The molecule has 0 radical (unpaired) electrons. The first-order chi connectivity index (χ1) is 8.92. The molecule has 1 aromatic heterocycles. The molecule has 1 atom stereocenters. The molecule has 2 heterocycles. The van der Waals surface area contributed by atoms with Crippen molar-refractivity contribution in [2.24, 2.45) is 0 Å². The number of nitrogens with zero attached hydrogens (tertiary/aromatic N) is 3. The predicted molar refractivity (Wildman–Crippen MR) is 72.5 cm³/mol. The van der Waals surface area contributed by atoms with Gasteiger partial charge in [-0.25, -0.2) is 0 Å². The van der Waals surface area contributed by atoms with Crippen molar-refractivity contribution in [3.8, 4) is 0 Å². The second-order valence-electron chi connectivity index (χ2n) is 4.97. The topological polar surface area (TPSA) is 21.1 Å². The van der Waals surface area contributed by atoms with E-state index in [1.54, 1.807) is 0 Å². The van der Waals surface area contributed by atoms with E-state index in [-0.39, 0.29) is 0 Å². The summed E-state index contributed by atoms with van der Waals surface area (Å²) in [5.41, 5.74) is 1.49. The summed E-state index contributed by atoms with van der Waals surface area (Å²) in [5.74, 6) is 0.712. The van der Waals surface area contributed by atoms with E-state index in [1.165, 1.54) is 25.1 Å². The normalized spacial score (nSPS) is 20.3. The smallest absolute Gasteiger partial charge is 0.0536 e. The summed E-state index contributed by atoms with van der Waals surface area (Å²) < 4.78 is 2.01. The van der Waals surface area contributed by atoms with Crippen molar-refractivity contribution in [2.45, 2.75) is 18.9 Å². The highest BCUT2D eigenvalue weighted by molar-refractivity contribution is 5.20. The summed E-state index contributed by atoms with van der Waals surface area (Å²) in [5, 5.41) is 4.24. The molecule has 1 saturated heterocycles. The highest BCUT2D eigenvalue weighted by Gasteiger charge is 2.23. The maximum Gasteiger partial charge on any atom is 0.0536 e. The summed E-state index contributed by atoms with van der Waals surface area (Å²) in [4.78, 5) is 2.54. The van der Waals surface area contributed by atoms with Crippen LogP contribution in [0.3, 0.4) is 0 Å². The van der Waals surface area contributed by atoms with Crippen LogP contribution in [0.2, 0.25) is 0 Å². The molecular weight excluding hydrogens is 222 g/mol. The average Bonchev–Trinajstić information content (AvgIpc) is 3.09. The zero-order chi connectivity index (χ0) is 12.2. The number of hydrogen-bond donors (Lipinski definition) is 0. The minimum absolute atomic E-state index is 0.712. The fourth-order valence-electron chi connectivity index (χ4n) is 2.71. The largest absolute Gasteiger partial charge is 0.301 e. The molecule has 0 amide bonds. The number of benzene rings is 1. The lowest BCUT2D eigenvalue weighted by Gasteiger charge is -2.16. The number of rotatable bonds is 4. The third-order valence-electron chi connectivity index (χ3n) is 3.75. The van der Waals surface area contributed by atoms with E-state index >= 15 is 0 Å². The van der Waals surface area contributed by atoms with Crippen molar-refractivity contribution in [2.75, 3.05) is 19.6 Å². The van der Waals surface area contributed by atoms with Crippen molar-refractivity contribution in [1.82, 2.24) is 14.7 Å². The molecule has 0 spiro atoms.